The fourth-order valence-electron chi connectivity index (χ4n) is 3.48. The Kier molecular flexibility index (Phi) is 10.1. The number of nitrogens with one attached hydrogen (secondary N) is 1. The molecule has 0 radical (unpaired) electrons. The zero-order valence-corrected chi connectivity index (χ0v) is 22.5. The van der Waals surface area contributed by atoms with Gasteiger partial charge in [0.25, 0.3) is 0 Å². The van der Waals surface area contributed by atoms with Crippen LogP contribution in [-0.2, 0) is 26.2 Å². The van der Waals surface area contributed by atoms with Crippen LogP contribution >= 0.6 is 34.8 Å². The molecule has 2 amide bonds. The predicted molar refractivity (Wildman–Crippen MR) is 138 cm³/mol. The maximum atomic E-state index is 13.2. The molecule has 7 nitrogen and oxygen atoms in total. The quantitative estimate of drug-likeness (QED) is 0.468. The van der Waals surface area contributed by atoms with Crippen LogP contribution in [-0.4, -0.2) is 51.0 Å². The van der Waals surface area contributed by atoms with Gasteiger partial charge in [-0.1, -0.05) is 46.9 Å². The summed E-state index contributed by atoms with van der Waals surface area (Å²) >= 11 is 18.6. The molecule has 0 aliphatic heterocycles. The number of sulfonamides is 1. The zero-order valence-electron chi connectivity index (χ0n) is 19.4. The maximum absolute atomic E-state index is 13.2. The highest BCUT2D eigenvalue weighted by Gasteiger charge is 2.27. The lowest BCUT2D eigenvalue weighted by molar-refractivity contribution is -0.140. The highest BCUT2D eigenvalue weighted by molar-refractivity contribution is 7.92. The van der Waals surface area contributed by atoms with Gasteiger partial charge < -0.3 is 10.2 Å². The van der Waals surface area contributed by atoms with Gasteiger partial charge in [0, 0.05) is 47.2 Å². The molecule has 186 valence electrons. The van der Waals surface area contributed by atoms with Crippen LogP contribution in [0.4, 0.5) is 5.69 Å². The van der Waals surface area contributed by atoms with E-state index >= 15 is 0 Å². The van der Waals surface area contributed by atoms with E-state index in [1.54, 1.807) is 50.2 Å². The molecule has 0 fully saturated rings. The van der Waals surface area contributed by atoms with Crippen LogP contribution in [0, 0.1) is 6.92 Å². The molecule has 0 heterocycles. The monoisotopic (exact) mass is 547 g/mol. The van der Waals surface area contributed by atoms with E-state index in [0.29, 0.717) is 26.3 Å². The first-order valence-electron chi connectivity index (χ1n) is 10.5. The van der Waals surface area contributed by atoms with Gasteiger partial charge in [-0.25, -0.2) is 8.42 Å². The molecule has 2 aromatic carbocycles. The Balaban J connectivity index is 2.23. The number of nitrogens with zero attached hydrogens (tertiary/aromatic N) is 2. The van der Waals surface area contributed by atoms with E-state index in [-0.39, 0.29) is 37.7 Å². The van der Waals surface area contributed by atoms with Gasteiger partial charge in [-0.15, -0.1) is 0 Å². The van der Waals surface area contributed by atoms with E-state index in [9.17, 15) is 18.0 Å². The van der Waals surface area contributed by atoms with E-state index in [2.05, 4.69) is 5.32 Å². The van der Waals surface area contributed by atoms with Crippen LogP contribution in [0.25, 0.3) is 0 Å². The second kappa shape index (κ2) is 12.1. The van der Waals surface area contributed by atoms with Crippen molar-refractivity contribution in [2.24, 2.45) is 0 Å². The standard InChI is InChI=1S/C23H28Cl3N3O4S/c1-15-10-11-17(24)13-21(15)29(34(4,32)33)12-6-9-22(30)28(16(2)23(31)27-3)14-18-19(25)7-5-8-20(18)26/h5,7-8,10-11,13,16H,6,9,12,14H2,1-4H3,(H,27,31)/t16-/m0/s1. The number of halogens is 3. The number of carbonyl (C=O) groups is 2. The minimum atomic E-state index is -3.62. The van der Waals surface area contributed by atoms with Crippen LogP contribution in [0.3, 0.4) is 0 Å². The van der Waals surface area contributed by atoms with Gasteiger partial charge in [-0.2, -0.15) is 0 Å². The summed E-state index contributed by atoms with van der Waals surface area (Å²) in [6.45, 7) is 3.50. The predicted octanol–water partition coefficient (Wildman–Crippen LogP) is 4.66. The number of aryl methyl sites for hydroxylation is 1. The summed E-state index contributed by atoms with van der Waals surface area (Å²) in [7, 11) is -2.13. The van der Waals surface area contributed by atoms with Crippen LogP contribution in [0.1, 0.15) is 30.9 Å². The fraction of sp³-hybridized carbons (Fsp3) is 0.391. The molecule has 2 aromatic rings. The number of amides is 2. The van der Waals surface area contributed by atoms with E-state index in [1.807, 2.05) is 0 Å². The number of carbonyl (C=O) groups excluding carboxylic acids is 2. The lowest BCUT2D eigenvalue weighted by Crippen LogP contribution is -2.47. The number of hydrogen-bond acceptors (Lipinski definition) is 4. The Bertz CT molecular complexity index is 1140. The van der Waals surface area contributed by atoms with Gasteiger partial charge in [-0.3, -0.25) is 13.9 Å². The summed E-state index contributed by atoms with van der Waals surface area (Å²) in [5.74, 6) is -0.674. The normalized spacial score (nSPS) is 12.2. The molecule has 0 spiro atoms. The van der Waals surface area contributed by atoms with E-state index in [0.717, 1.165) is 11.8 Å². The number of benzene rings is 2. The average molecular weight is 549 g/mol. The van der Waals surface area contributed by atoms with Crippen molar-refractivity contribution in [3.63, 3.8) is 0 Å². The van der Waals surface area contributed by atoms with Crippen molar-refractivity contribution in [3.8, 4) is 0 Å². The molecule has 0 bridgehead atoms. The van der Waals surface area contributed by atoms with Gasteiger partial charge >= 0.3 is 0 Å². The molecule has 0 aliphatic rings. The van der Waals surface area contributed by atoms with Crippen molar-refractivity contribution in [1.82, 2.24) is 10.2 Å². The smallest absolute Gasteiger partial charge is 0.242 e. The Morgan fingerprint density at radius 3 is 2.26 bits per heavy atom. The van der Waals surface area contributed by atoms with Crippen LogP contribution < -0.4 is 9.62 Å². The number of anilines is 1. The molecule has 34 heavy (non-hydrogen) atoms. The minimum absolute atomic E-state index is 0.00897. The molecule has 0 saturated heterocycles. The van der Waals surface area contributed by atoms with Crippen molar-refractivity contribution >= 4 is 62.3 Å². The summed E-state index contributed by atoms with van der Waals surface area (Å²) in [6, 6.07) is 9.23. The molecular formula is C23H28Cl3N3O4S. The Morgan fingerprint density at radius 2 is 1.71 bits per heavy atom. The molecular weight excluding hydrogens is 521 g/mol. The van der Waals surface area contributed by atoms with Gasteiger partial charge in [0.1, 0.15) is 6.04 Å². The largest absolute Gasteiger partial charge is 0.357 e. The first-order chi connectivity index (χ1) is 15.9. The van der Waals surface area contributed by atoms with Gasteiger partial charge in [0.2, 0.25) is 21.8 Å². The number of rotatable bonds is 10. The molecule has 0 saturated carbocycles. The van der Waals surface area contributed by atoms with E-state index in [4.69, 9.17) is 34.8 Å². The lowest BCUT2D eigenvalue weighted by Gasteiger charge is -2.30. The molecule has 0 aromatic heterocycles. The third-order valence-corrected chi connectivity index (χ3v) is 7.52. The van der Waals surface area contributed by atoms with Crippen molar-refractivity contribution in [2.45, 2.75) is 39.3 Å². The van der Waals surface area contributed by atoms with Crippen molar-refractivity contribution < 1.29 is 18.0 Å². The average Bonchev–Trinajstić information content (AvgIpc) is 2.76. The number of hydrogen-bond donors (Lipinski definition) is 1. The fourth-order valence-corrected chi connectivity index (χ4v) is 5.18. The summed E-state index contributed by atoms with van der Waals surface area (Å²) in [5.41, 5.74) is 1.73. The van der Waals surface area contributed by atoms with Crippen LogP contribution in [0.5, 0.6) is 0 Å². The molecule has 0 unspecified atom stereocenters. The lowest BCUT2D eigenvalue weighted by atomic mass is 10.1. The molecule has 2 rings (SSSR count). The highest BCUT2D eigenvalue weighted by atomic mass is 35.5. The van der Waals surface area contributed by atoms with Crippen LogP contribution in [0.2, 0.25) is 15.1 Å². The summed E-state index contributed by atoms with van der Waals surface area (Å²) < 4.78 is 26.2. The number of likely N-dealkylation sites (N-methyl/N-ethyl adjacent to an activating group) is 1. The topological polar surface area (TPSA) is 86.8 Å². The second-order valence-corrected chi connectivity index (χ2v) is 11.0. The highest BCUT2D eigenvalue weighted by Crippen LogP contribution is 2.28. The Labute approximate surface area is 216 Å². The van der Waals surface area contributed by atoms with Crippen molar-refractivity contribution in [1.29, 1.82) is 0 Å². The Hall–Kier alpha value is -2.00. The summed E-state index contributed by atoms with van der Waals surface area (Å²) in [6.07, 6.45) is 1.34. The third-order valence-electron chi connectivity index (χ3n) is 5.40. The van der Waals surface area contributed by atoms with Gasteiger partial charge in [0.05, 0.1) is 11.9 Å². The SMILES string of the molecule is CNC(=O)[C@H](C)N(Cc1c(Cl)cccc1Cl)C(=O)CCCN(c1cc(Cl)ccc1C)S(C)(=O)=O. The second-order valence-electron chi connectivity index (χ2n) is 7.88. The van der Waals surface area contributed by atoms with E-state index in [1.165, 1.54) is 16.3 Å². The van der Waals surface area contributed by atoms with Gasteiger partial charge in [-0.05, 0) is 50.1 Å². The summed E-state index contributed by atoms with van der Waals surface area (Å²) in [5, 5.41) is 3.72. The van der Waals surface area contributed by atoms with E-state index < -0.39 is 16.1 Å². The summed E-state index contributed by atoms with van der Waals surface area (Å²) in [4.78, 5) is 26.9. The van der Waals surface area contributed by atoms with Crippen molar-refractivity contribution in [2.75, 3.05) is 24.2 Å². The zero-order chi connectivity index (χ0) is 25.6. The Morgan fingerprint density at radius 1 is 1.09 bits per heavy atom. The third kappa shape index (κ3) is 7.25. The molecule has 0 aliphatic carbocycles. The first-order valence-corrected chi connectivity index (χ1v) is 13.5. The first kappa shape index (κ1) is 28.2. The van der Waals surface area contributed by atoms with Crippen LogP contribution in [0.15, 0.2) is 36.4 Å². The molecule has 11 heteroatoms. The molecule has 1 N–H and O–H groups in total. The van der Waals surface area contributed by atoms with Gasteiger partial charge in [0.15, 0.2) is 0 Å². The molecule has 1 atom stereocenters. The minimum Gasteiger partial charge on any atom is -0.357 e. The van der Waals surface area contributed by atoms with Crippen molar-refractivity contribution in [3.05, 3.63) is 62.6 Å². The maximum Gasteiger partial charge on any atom is 0.242 e.